The van der Waals surface area contributed by atoms with Crippen molar-refractivity contribution in [1.29, 1.82) is 0 Å². The zero-order chi connectivity index (χ0) is 23.2. The lowest BCUT2D eigenvalue weighted by atomic mass is 10.1. The van der Waals surface area contributed by atoms with Crippen molar-refractivity contribution in [1.82, 2.24) is 10.6 Å². The van der Waals surface area contributed by atoms with Gasteiger partial charge in [0, 0.05) is 19.4 Å². The van der Waals surface area contributed by atoms with Crippen molar-refractivity contribution in [2.75, 3.05) is 13.7 Å². The Kier molecular flexibility index (Phi) is 10.7. The number of hydrogen-bond acceptors (Lipinski definition) is 5. The lowest BCUT2D eigenvalue weighted by Crippen LogP contribution is -2.43. The minimum atomic E-state index is -0.879. The number of unbranched alkanes of at least 4 members (excludes halogenated alkanes) is 2. The molecule has 0 aliphatic carbocycles. The second-order valence-electron chi connectivity index (χ2n) is 7.28. The molecule has 0 fully saturated rings. The molecule has 2 N–H and O–H groups in total. The number of amides is 2. The average molecular weight is 445 g/mol. The van der Waals surface area contributed by atoms with Crippen LogP contribution in [0.2, 0.25) is 0 Å². The first-order valence-electron chi connectivity index (χ1n) is 10.5. The molecule has 0 bridgehead atoms. The zero-order valence-corrected chi connectivity index (χ0v) is 18.1. The van der Waals surface area contributed by atoms with Crippen molar-refractivity contribution < 1.29 is 28.2 Å². The molecular formula is C24H29FN2O5. The average Bonchev–Trinajstić information content (AvgIpc) is 2.79. The van der Waals surface area contributed by atoms with Gasteiger partial charge in [-0.15, -0.1) is 0 Å². The fraction of sp³-hybridized carbons (Fsp3) is 0.375. The quantitative estimate of drug-likeness (QED) is 0.386. The Morgan fingerprint density at radius 3 is 2.44 bits per heavy atom. The van der Waals surface area contributed by atoms with Gasteiger partial charge in [-0.2, -0.15) is 0 Å². The number of esters is 1. The summed E-state index contributed by atoms with van der Waals surface area (Å²) < 4.78 is 23.2. The molecule has 0 saturated carbocycles. The minimum Gasteiger partial charge on any atom is -0.467 e. The molecule has 172 valence electrons. The van der Waals surface area contributed by atoms with E-state index >= 15 is 0 Å². The van der Waals surface area contributed by atoms with Crippen LogP contribution in [0, 0.1) is 5.82 Å². The third-order valence-corrected chi connectivity index (χ3v) is 4.71. The van der Waals surface area contributed by atoms with E-state index in [0.29, 0.717) is 24.9 Å². The maximum atomic E-state index is 13.4. The Balaban J connectivity index is 1.61. The zero-order valence-electron chi connectivity index (χ0n) is 18.1. The van der Waals surface area contributed by atoms with Crippen LogP contribution in [0.1, 0.15) is 36.8 Å². The molecule has 7 nitrogen and oxygen atoms in total. The summed E-state index contributed by atoms with van der Waals surface area (Å²) in [7, 11) is 1.24. The van der Waals surface area contributed by atoms with Gasteiger partial charge in [0.1, 0.15) is 18.5 Å². The van der Waals surface area contributed by atoms with E-state index in [-0.39, 0.29) is 25.4 Å². The van der Waals surface area contributed by atoms with E-state index in [1.54, 1.807) is 12.1 Å². The van der Waals surface area contributed by atoms with Crippen molar-refractivity contribution in [2.45, 2.75) is 44.8 Å². The summed E-state index contributed by atoms with van der Waals surface area (Å²) in [5.74, 6) is -1.28. The van der Waals surface area contributed by atoms with Crippen LogP contribution in [-0.2, 0) is 32.1 Å². The molecule has 0 unspecified atom stereocenters. The van der Waals surface area contributed by atoms with Crippen LogP contribution in [0.15, 0.2) is 54.6 Å². The van der Waals surface area contributed by atoms with Crippen LogP contribution in [0.5, 0.6) is 0 Å². The molecule has 0 radical (unpaired) electrons. The van der Waals surface area contributed by atoms with Crippen LogP contribution in [0.25, 0.3) is 0 Å². The van der Waals surface area contributed by atoms with Crippen LogP contribution in [0.3, 0.4) is 0 Å². The molecule has 0 aliphatic heterocycles. The van der Waals surface area contributed by atoms with E-state index in [2.05, 4.69) is 10.6 Å². The SMILES string of the molecule is COC(=O)[C@H](Cc1cccc(F)c1)NC(=O)CCCCCNC(=O)OCc1ccccc1. The third-order valence-electron chi connectivity index (χ3n) is 4.71. The van der Waals surface area contributed by atoms with Crippen LogP contribution in [-0.4, -0.2) is 37.7 Å². The molecule has 0 aliphatic rings. The number of nitrogens with one attached hydrogen (secondary N) is 2. The van der Waals surface area contributed by atoms with Gasteiger partial charge in [-0.1, -0.05) is 48.9 Å². The minimum absolute atomic E-state index is 0.144. The lowest BCUT2D eigenvalue weighted by molar-refractivity contribution is -0.145. The number of carbonyl (C=O) groups is 3. The number of benzene rings is 2. The van der Waals surface area contributed by atoms with Gasteiger partial charge in [0.15, 0.2) is 0 Å². The van der Waals surface area contributed by atoms with E-state index in [1.165, 1.54) is 19.2 Å². The molecule has 0 spiro atoms. The molecule has 0 heterocycles. The summed E-state index contributed by atoms with van der Waals surface area (Å²) in [6.07, 6.45) is 1.90. The molecule has 0 saturated heterocycles. The third kappa shape index (κ3) is 9.59. The molecule has 2 amide bonds. The largest absolute Gasteiger partial charge is 0.467 e. The number of ether oxygens (including phenoxy) is 2. The summed E-state index contributed by atoms with van der Waals surface area (Å²) in [6, 6.07) is 14.4. The summed E-state index contributed by atoms with van der Waals surface area (Å²) in [4.78, 5) is 35.9. The van der Waals surface area contributed by atoms with Crippen LogP contribution >= 0.6 is 0 Å². The molecule has 32 heavy (non-hydrogen) atoms. The number of carbonyl (C=O) groups excluding carboxylic acids is 3. The number of alkyl carbamates (subject to hydrolysis) is 1. The monoisotopic (exact) mass is 444 g/mol. The highest BCUT2D eigenvalue weighted by molar-refractivity contribution is 5.84. The molecule has 0 aromatic heterocycles. The standard InChI is InChI=1S/C24H29FN2O5/c1-31-23(29)21(16-19-11-8-12-20(25)15-19)27-22(28)13-6-3-7-14-26-24(30)32-17-18-9-4-2-5-10-18/h2,4-5,8-12,15,21H,3,6-7,13-14,16-17H2,1H3,(H,26,30)(H,27,28)/t21-/m0/s1. The molecule has 8 heteroatoms. The van der Waals surface area contributed by atoms with Crippen molar-refractivity contribution in [2.24, 2.45) is 0 Å². The lowest BCUT2D eigenvalue weighted by Gasteiger charge is -2.16. The Morgan fingerprint density at radius 1 is 0.969 bits per heavy atom. The fourth-order valence-electron chi connectivity index (χ4n) is 3.05. The highest BCUT2D eigenvalue weighted by Crippen LogP contribution is 2.09. The Labute approximate surface area is 187 Å². The van der Waals surface area contributed by atoms with Gasteiger partial charge in [-0.05, 0) is 36.1 Å². The number of rotatable bonds is 12. The van der Waals surface area contributed by atoms with Crippen molar-refractivity contribution in [3.8, 4) is 0 Å². The van der Waals surface area contributed by atoms with Crippen molar-refractivity contribution >= 4 is 18.0 Å². The van der Waals surface area contributed by atoms with Gasteiger partial charge < -0.3 is 20.1 Å². The van der Waals surface area contributed by atoms with Crippen LogP contribution < -0.4 is 10.6 Å². The van der Waals surface area contributed by atoms with Crippen LogP contribution in [0.4, 0.5) is 9.18 Å². The fourth-order valence-corrected chi connectivity index (χ4v) is 3.05. The first kappa shape index (κ1) is 24.8. The Bertz CT molecular complexity index is 876. The number of halogens is 1. The van der Waals surface area contributed by atoms with E-state index in [9.17, 15) is 18.8 Å². The summed E-state index contributed by atoms with van der Waals surface area (Å²) in [5, 5.41) is 5.33. The van der Waals surface area contributed by atoms with E-state index in [0.717, 1.165) is 12.0 Å². The number of hydrogen-bond donors (Lipinski definition) is 2. The van der Waals surface area contributed by atoms with Crippen molar-refractivity contribution in [3.05, 3.63) is 71.5 Å². The molecular weight excluding hydrogens is 415 g/mol. The smallest absolute Gasteiger partial charge is 0.407 e. The topological polar surface area (TPSA) is 93.7 Å². The molecule has 2 rings (SSSR count). The normalized spacial score (nSPS) is 11.3. The first-order valence-corrected chi connectivity index (χ1v) is 10.5. The Morgan fingerprint density at radius 2 is 1.72 bits per heavy atom. The second-order valence-corrected chi connectivity index (χ2v) is 7.28. The van der Waals surface area contributed by atoms with E-state index < -0.39 is 23.9 Å². The second kappa shape index (κ2) is 13.8. The molecule has 1 atom stereocenters. The van der Waals surface area contributed by atoms with Gasteiger partial charge in [0.2, 0.25) is 5.91 Å². The van der Waals surface area contributed by atoms with Gasteiger partial charge in [0.25, 0.3) is 0 Å². The predicted octanol–water partition coefficient (Wildman–Crippen LogP) is 3.51. The Hall–Kier alpha value is -3.42. The summed E-state index contributed by atoms with van der Waals surface area (Å²) >= 11 is 0. The van der Waals surface area contributed by atoms with E-state index in [4.69, 9.17) is 9.47 Å². The van der Waals surface area contributed by atoms with Gasteiger partial charge >= 0.3 is 12.1 Å². The number of methoxy groups -OCH3 is 1. The highest BCUT2D eigenvalue weighted by atomic mass is 19.1. The molecule has 2 aromatic carbocycles. The highest BCUT2D eigenvalue weighted by Gasteiger charge is 2.22. The first-order chi connectivity index (χ1) is 15.5. The van der Waals surface area contributed by atoms with Gasteiger partial charge in [-0.3, -0.25) is 4.79 Å². The predicted molar refractivity (Wildman–Crippen MR) is 117 cm³/mol. The summed E-state index contributed by atoms with van der Waals surface area (Å²) in [6.45, 7) is 0.656. The molecule has 2 aromatic rings. The summed E-state index contributed by atoms with van der Waals surface area (Å²) in [5.41, 5.74) is 1.50. The van der Waals surface area contributed by atoms with Gasteiger partial charge in [-0.25, -0.2) is 14.0 Å². The van der Waals surface area contributed by atoms with E-state index in [1.807, 2.05) is 30.3 Å². The van der Waals surface area contributed by atoms with Crippen molar-refractivity contribution in [3.63, 3.8) is 0 Å². The maximum absolute atomic E-state index is 13.4. The van der Waals surface area contributed by atoms with Gasteiger partial charge in [0.05, 0.1) is 7.11 Å². The maximum Gasteiger partial charge on any atom is 0.407 e.